The van der Waals surface area contributed by atoms with Gasteiger partial charge in [-0.1, -0.05) is 30.3 Å². The minimum atomic E-state index is -0.970. The van der Waals surface area contributed by atoms with Crippen LogP contribution in [0.25, 0.3) is 0 Å². The Balaban J connectivity index is 1.83. The number of carbonyl (C=O) groups excluding carboxylic acids is 1. The quantitative estimate of drug-likeness (QED) is 0.462. The third-order valence-electron chi connectivity index (χ3n) is 4.88. The number of rotatable bonds is 9. The van der Waals surface area contributed by atoms with E-state index in [9.17, 15) is 13.6 Å². The lowest BCUT2D eigenvalue weighted by molar-refractivity contribution is 0.101. The van der Waals surface area contributed by atoms with Crippen molar-refractivity contribution in [2.24, 2.45) is 5.73 Å². The van der Waals surface area contributed by atoms with Crippen LogP contribution in [-0.4, -0.2) is 37.7 Å². The van der Waals surface area contributed by atoms with E-state index in [1.165, 1.54) is 11.3 Å². The second kappa shape index (κ2) is 9.95. The first-order valence-electron chi connectivity index (χ1n) is 9.64. The van der Waals surface area contributed by atoms with E-state index < -0.39 is 28.5 Å². The largest absolute Gasteiger partial charge is 0.384 e. The molecular weight excluding hydrogens is 422 g/mol. The number of hydrogen-bond acceptors (Lipinski definition) is 6. The zero-order valence-corrected chi connectivity index (χ0v) is 18.1. The number of nitrogens with one attached hydrogen (secondary N) is 2. The molecule has 0 aliphatic carbocycles. The molecule has 1 amide bonds. The lowest BCUT2D eigenvalue weighted by atomic mass is 9.81. The van der Waals surface area contributed by atoms with Crippen molar-refractivity contribution in [1.82, 2.24) is 4.98 Å². The summed E-state index contributed by atoms with van der Waals surface area (Å²) < 4.78 is 34.2. The van der Waals surface area contributed by atoms with Gasteiger partial charge in [-0.05, 0) is 24.6 Å². The molecule has 0 saturated carbocycles. The highest BCUT2D eigenvalue weighted by atomic mass is 32.1. The van der Waals surface area contributed by atoms with Crippen molar-refractivity contribution in [3.05, 3.63) is 76.3 Å². The maximum Gasteiger partial charge on any atom is 0.263 e. The molecule has 1 aromatic heterocycles. The molecule has 6 nitrogen and oxygen atoms in total. The van der Waals surface area contributed by atoms with Crippen LogP contribution >= 0.6 is 11.3 Å². The van der Waals surface area contributed by atoms with Gasteiger partial charge in [-0.2, -0.15) is 0 Å². The molecule has 0 fully saturated rings. The second-order valence-corrected chi connectivity index (χ2v) is 8.01. The van der Waals surface area contributed by atoms with Gasteiger partial charge in [-0.25, -0.2) is 13.8 Å². The Morgan fingerprint density at radius 3 is 2.52 bits per heavy atom. The zero-order valence-electron chi connectivity index (χ0n) is 17.2. The van der Waals surface area contributed by atoms with E-state index >= 15 is 0 Å². The number of ether oxygens (including phenoxy) is 1. The summed E-state index contributed by atoms with van der Waals surface area (Å²) in [6, 6.07) is 11.8. The number of benzene rings is 2. The zero-order chi connectivity index (χ0) is 22.4. The Bertz CT molecular complexity index is 1020. The molecule has 0 aliphatic heterocycles. The summed E-state index contributed by atoms with van der Waals surface area (Å²) in [6.45, 7) is 3.02. The number of anilines is 2. The van der Waals surface area contributed by atoms with Crippen LogP contribution in [0, 0.1) is 11.6 Å². The minimum absolute atomic E-state index is 0.215. The number of amides is 1. The summed E-state index contributed by atoms with van der Waals surface area (Å²) in [7, 11) is 1.61. The first-order valence-corrected chi connectivity index (χ1v) is 10.5. The molecule has 0 bridgehead atoms. The van der Waals surface area contributed by atoms with Crippen molar-refractivity contribution in [2.75, 3.05) is 37.4 Å². The van der Waals surface area contributed by atoms with Crippen molar-refractivity contribution in [3.8, 4) is 0 Å². The fourth-order valence-electron chi connectivity index (χ4n) is 3.25. The summed E-state index contributed by atoms with van der Waals surface area (Å²) in [4.78, 5) is 17.0. The van der Waals surface area contributed by atoms with Crippen molar-refractivity contribution < 1.29 is 18.3 Å². The van der Waals surface area contributed by atoms with E-state index in [4.69, 9.17) is 10.5 Å². The fourth-order valence-corrected chi connectivity index (χ4v) is 4.09. The molecule has 4 N–H and O–H groups in total. The van der Waals surface area contributed by atoms with Gasteiger partial charge in [-0.15, -0.1) is 11.3 Å². The molecular formula is C22H24F2N4O2S. The average molecular weight is 447 g/mol. The van der Waals surface area contributed by atoms with Gasteiger partial charge < -0.3 is 15.8 Å². The Morgan fingerprint density at radius 1 is 1.23 bits per heavy atom. The standard InChI is InChI=1S/C22H24F2N4O2S/c1-22(13-30-2,14-6-4-3-5-7-14)18-12-31-21(27-18)28-20(29)19-16(23)10-15(11-17(19)24)26-9-8-25/h3-7,10-12,26H,8-9,13,25H2,1-2H3,(H,27,28,29). The lowest BCUT2D eigenvalue weighted by Gasteiger charge is -2.27. The smallest absolute Gasteiger partial charge is 0.263 e. The van der Waals surface area contributed by atoms with Crippen LogP contribution < -0.4 is 16.4 Å². The van der Waals surface area contributed by atoms with Gasteiger partial charge in [0, 0.05) is 31.3 Å². The number of hydrogen-bond donors (Lipinski definition) is 3. The molecule has 0 saturated heterocycles. The summed E-state index contributed by atoms with van der Waals surface area (Å²) in [5.41, 5.74) is 6.05. The average Bonchev–Trinajstić information content (AvgIpc) is 3.21. The van der Waals surface area contributed by atoms with Gasteiger partial charge in [0.1, 0.15) is 17.2 Å². The van der Waals surface area contributed by atoms with Crippen LogP contribution in [0.5, 0.6) is 0 Å². The van der Waals surface area contributed by atoms with Crippen LogP contribution in [0.3, 0.4) is 0 Å². The van der Waals surface area contributed by atoms with Crippen LogP contribution in [0.15, 0.2) is 47.8 Å². The van der Waals surface area contributed by atoms with Crippen LogP contribution in [0.4, 0.5) is 19.6 Å². The number of halogens is 2. The highest BCUT2D eigenvalue weighted by Gasteiger charge is 2.32. The van der Waals surface area contributed by atoms with Crippen molar-refractivity contribution in [1.29, 1.82) is 0 Å². The third-order valence-corrected chi connectivity index (χ3v) is 5.63. The molecule has 0 radical (unpaired) electrons. The van der Waals surface area contributed by atoms with Gasteiger partial charge in [-0.3, -0.25) is 10.1 Å². The molecule has 0 spiro atoms. The maximum absolute atomic E-state index is 14.4. The van der Waals surface area contributed by atoms with Crippen LogP contribution in [-0.2, 0) is 10.2 Å². The Kier molecular flexibility index (Phi) is 7.32. The maximum atomic E-state index is 14.4. The normalized spacial score (nSPS) is 12.9. The highest BCUT2D eigenvalue weighted by Crippen LogP contribution is 2.34. The van der Waals surface area contributed by atoms with E-state index in [2.05, 4.69) is 15.6 Å². The number of nitrogens with zero attached hydrogens (tertiary/aromatic N) is 1. The van der Waals surface area contributed by atoms with E-state index in [0.717, 1.165) is 17.7 Å². The number of thiazole rings is 1. The summed E-state index contributed by atoms with van der Waals surface area (Å²) in [6.07, 6.45) is 0. The van der Waals surface area contributed by atoms with Gasteiger partial charge in [0.2, 0.25) is 0 Å². The SMILES string of the molecule is COCC(C)(c1ccccc1)c1csc(NC(=O)c2c(F)cc(NCCN)cc2F)n1. The summed E-state index contributed by atoms with van der Waals surface area (Å²) in [5, 5.41) is 7.31. The number of methoxy groups -OCH3 is 1. The molecule has 31 heavy (non-hydrogen) atoms. The summed E-state index contributed by atoms with van der Waals surface area (Å²) >= 11 is 1.18. The fraction of sp³-hybridized carbons (Fsp3) is 0.273. The van der Waals surface area contributed by atoms with Crippen LogP contribution in [0.1, 0.15) is 28.5 Å². The molecule has 3 aromatic rings. The predicted octanol–water partition coefficient (Wildman–Crippen LogP) is 4.00. The van der Waals surface area contributed by atoms with Crippen molar-refractivity contribution in [3.63, 3.8) is 0 Å². The van der Waals surface area contributed by atoms with E-state index in [1.54, 1.807) is 12.5 Å². The monoisotopic (exact) mass is 446 g/mol. The van der Waals surface area contributed by atoms with Crippen LogP contribution in [0.2, 0.25) is 0 Å². The third kappa shape index (κ3) is 5.07. The molecule has 164 valence electrons. The van der Waals surface area contributed by atoms with E-state index in [1.807, 2.05) is 37.3 Å². The lowest BCUT2D eigenvalue weighted by Crippen LogP contribution is -2.29. The van der Waals surface area contributed by atoms with Gasteiger partial charge in [0.15, 0.2) is 5.13 Å². The van der Waals surface area contributed by atoms with E-state index in [0.29, 0.717) is 25.4 Å². The first kappa shape index (κ1) is 22.8. The van der Waals surface area contributed by atoms with Crippen molar-refractivity contribution >= 4 is 28.1 Å². The van der Waals surface area contributed by atoms with Gasteiger partial charge in [0.25, 0.3) is 5.91 Å². The predicted molar refractivity (Wildman–Crippen MR) is 119 cm³/mol. The Hall–Kier alpha value is -2.88. The molecule has 0 aliphatic rings. The Labute approximate surface area is 183 Å². The number of carbonyl (C=O) groups is 1. The van der Waals surface area contributed by atoms with Gasteiger partial charge >= 0.3 is 0 Å². The number of aromatic nitrogens is 1. The minimum Gasteiger partial charge on any atom is -0.384 e. The van der Waals surface area contributed by atoms with Crippen molar-refractivity contribution in [2.45, 2.75) is 12.3 Å². The molecule has 3 rings (SSSR count). The highest BCUT2D eigenvalue weighted by molar-refractivity contribution is 7.14. The van der Waals surface area contributed by atoms with E-state index in [-0.39, 0.29) is 10.8 Å². The second-order valence-electron chi connectivity index (χ2n) is 7.15. The molecule has 2 aromatic carbocycles. The topological polar surface area (TPSA) is 89.3 Å². The summed E-state index contributed by atoms with van der Waals surface area (Å²) in [5.74, 6) is -2.85. The Morgan fingerprint density at radius 2 is 1.90 bits per heavy atom. The molecule has 1 atom stereocenters. The first-order chi connectivity index (χ1) is 14.9. The molecule has 1 unspecified atom stereocenters. The number of nitrogens with two attached hydrogens (primary N) is 1. The molecule has 1 heterocycles. The van der Waals surface area contributed by atoms with Gasteiger partial charge in [0.05, 0.1) is 17.7 Å². The molecule has 9 heteroatoms.